The molecule has 6 heteroatoms. The fourth-order valence-electron chi connectivity index (χ4n) is 1.67. The Hall–Kier alpha value is -2.11. The lowest BCUT2D eigenvalue weighted by Gasteiger charge is -2.05. The number of rotatable bonds is 4. The maximum atomic E-state index is 11.7. The van der Waals surface area contributed by atoms with Crippen molar-refractivity contribution in [3.05, 3.63) is 35.4 Å². The number of nitrogens with zero attached hydrogens (tertiary/aromatic N) is 4. The van der Waals surface area contributed by atoms with Crippen molar-refractivity contribution >= 4 is 5.91 Å². The lowest BCUT2D eigenvalue weighted by atomic mass is 10.2. The number of carbonyl (C=O) groups is 1. The standard InChI is InChI=1S/C12H17N5O/c1-9-4-15-17(7-9)8-12(18)13-5-11-6-14-16(3)10(11)2/h4,6-7H,5,8H2,1-3H3,(H,13,18). The number of aryl methyl sites for hydroxylation is 2. The van der Waals surface area contributed by atoms with Gasteiger partial charge in [-0.3, -0.25) is 14.2 Å². The Morgan fingerprint density at radius 1 is 1.33 bits per heavy atom. The minimum absolute atomic E-state index is 0.0543. The molecule has 18 heavy (non-hydrogen) atoms. The van der Waals surface area contributed by atoms with E-state index in [1.807, 2.05) is 27.1 Å². The zero-order chi connectivity index (χ0) is 13.1. The molecule has 2 heterocycles. The second-order valence-electron chi connectivity index (χ2n) is 4.37. The van der Waals surface area contributed by atoms with E-state index in [0.29, 0.717) is 6.54 Å². The van der Waals surface area contributed by atoms with Gasteiger partial charge in [-0.2, -0.15) is 10.2 Å². The molecule has 0 aliphatic rings. The summed E-state index contributed by atoms with van der Waals surface area (Å²) >= 11 is 0. The van der Waals surface area contributed by atoms with Crippen molar-refractivity contribution in [2.45, 2.75) is 26.9 Å². The maximum absolute atomic E-state index is 11.7. The summed E-state index contributed by atoms with van der Waals surface area (Å²) in [5.41, 5.74) is 3.14. The van der Waals surface area contributed by atoms with E-state index in [4.69, 9.17) is 0 Å². The van der Waals surface area contributed by atoms with E-state index in [0.717, 1.165) is 16.8 Å². The number of hydrogen-bond donors (Lipinski definition) is 1. The summed E-state index contributed by atoms with van der Waals surface area (Å²) in [7, 11) is 1.88. The smallest absolute Gasteiger partial charge is 0.241 e. The number of hydrogen-bond acceptors (Lipinski definition) is 3. The monoisotopic (exact) mass is 247 g/mol. The number of amides is 1. The Labute approximate surface area is 106 Å². The molecule has 0 aliphatic heterocycles. The van der Waals surface area contributed by atoms with Crippen LogP contribution in [0.2, 0.25) is 0 Å². The van der Waals surface area contributed by atoms with Crippen LogP contribution in [0.4, 0.5) is 0 Å². The lowest BCUT2D eigenvalue weighted by Crippen LogP contribution is -2.27. The van der Waals surface area contributed by atoms with Gasteiger partial charge >= 0.3 is 0 Å². The first kappa shape index (κ1) is 12.3. The van der Waals surface area contributed by atoms with Gasteiger partial charge in [0.2, 0.25) is 5.91 Å². The molecule has 0 saturated heterocycles. The second kappa shape index (κ2) is 5.03. The fourth-order valence-corrected chi connectivity index (χ4v) is 1.67. The summed E-state index contributed by atoms with van der Waals surface area (Å²) in [5.74, 6) is -0.0543. The summed E-state index contributed by atoms with van der Waals surface area (Å²) in [6.07, 6.45) is 5.35. The highest BCUT2D eigenvalue weighted by atomic mass is 16.2. The molecule has 1 N–H and O–H groups in total. The molecule has 6 nitrogen and oxygen atoms in total. The highest BCUT2D eigenvalue weighted by Gasteiger charge is 2.07. The van der Waals surface area contributed by atoms with Crippen LogP contribution in [0.1, 0.15) is 16.8 Å². The predicted molar refractivity (Wildman–Crippen MR) is 66.8 cm³/mol. The molecule has 96 valence electrons. The Bertz CT molecular complexity index is 555. The third kappa shape index (κ3) is 2.77. The van der Waals surface area contributed by atoms with Gasteiger partial charge < -0.3 is 5.32 Å². The van der Waals surface area contributed by atoms with Gasteiger partial charge in [-0.05, 0) is 19.4 Å². The zero-order valence-corrected chi connectivity index (χ0v) is 10.8. The molecule has 0 bridgehead atoms. The SMILES string of the molecule is Cc1cnn(CC(=O)NCc2cnn(C)c2C)c1. The second-order valence-corrected chi connectivity index (χ2v) is 4.37. The van der Waals surface area contributed by atoms with Crippen molar-refractivity contribution in [3.8, 4) is 0 Å². The van der Waals surface area contributed by atoms with Gasteiger partial charge in [-0.25, -0.2) is 0 Å². The van der Waals surface area contributed by atoms with Gasteiger partial charge in [-0.15, -0.1) is 0 Å². The van der Waals surface area contributed by atoms with Gasteiger partial charge in [0.05, 0.1) is 12.4 Å². The van der Waals surface area contributed by atoms with E-state index in [2.05, 4.69) is 15.5 Å². The first-order valence-corrected chi connectivity index (χ1v) is 5.79. The summed E-state index contributed by atoms with van der Waals surface area (Å²) in [6, 6.07) is 0. The van der Waals surface area contributed by atoms with Crippen molar-refractivity contribution < 1.29 is 4.79 Å². The molecule has 0 fully saturated rings. The van der Waals surface area contributed by atoms with E-state index in [9.17, 15) is 4.79 Å². The summed E-state index contributed by atoms with van der Waals surface area (Å²) in [4.78, 5) is 11.7. The van der Waals surface area contributed by atoms with Crippen LogP contribution in [0.3, 0.4) is 0 Å². The van der Waals surface area contributed by atoms with E-state index >= 15 is 0 Å². The van der Waals surface area contributed by atoms with Crippen molar-refractivity contribution in [3.63, 3.8) is 0 Å². The van der Waals surface area contributed by atoms with E-state index in [-0.39, 0.29) is 12.5 Å². The van der Waals surface area contributed by atoms with Crippen LogP contribution in [-0.2, 0) is 24.9 Å². The first-order valence-electron chi connectivity index (χ1n) is 5.79. The van der Waals surface area contributed by atoms with Crippen LogP contribution in [-0.4, -0.2) is 25.5 Å². The van der Waals surface area contributed by atoms with Crippen LogP contribution in [0, 0.1) is 13.8 Å². The molecule has 2 rings (SSSR count). The fraction of sp³-hybridized carbons (Fsp3) is 0.417. The van der Waals surface area contributed by atoms with Crippen molar-refractivity contribution in [2.24, 2.45) is 7.05 Å². The van der Waals surface area contributed by atoms with Gasteiger partial charge in [0.15, 0.2) is 0 Å². The van der Waals surface area contributed by atoms with Crippen LogP contribution in [0.15, 0.2) is 18.6 Å². The lowest BCUT2D eigenvalue weighted by molar-refractivity contribution is -0.122. The van der Waals surface area contributed by atoms with Gasteiger partial charge in [0.25, 0.3) is 0 Å². The first-order chi connectivity index (χ1) is 8.56. The normalized spacial score (nSPS) is 10.6. The van der Waals surface area contributed by atoms with Crippen molar-refractivity contribution in [1.82, 2.24) is 24.9 Å². The Balaban J connectivity index is 1.87. The molecular formula is C12H17N5O. The zero-order valence-electron chi connectivity index (χ0n) is 10.8. The molecule has 0 saturated carbocycles. The molecule has 0 aliphatic carbocycles. The van der Waals surface area contributed by atoms with Crippen LogP contribution in [0.25, 0.3) is 0 Å². The van der Waals surface area contributed by atoms with Crippen LogP contribution < -0.4 is 5.32 Å². The molecule has 0 atom stereocenters. The van der Waals surface area contributed by atoms with Gasteiger partial charge in [0.1, 0.15) is 6.54 Å². The molecular weight excluding hydrogens is 230 g/mol. The maximum Gasteiger partial charge on any atom is 0.241 e. The molecule has 0 unspecified atom stereocenters. The summed E-state index contributed by atoms with van der Waals surface area (Å²) in [6.45, 7) is 4.66. The number of aromatic nitrogens is 4. The molecule has 0 spiro atoms. The molecule has 1 amide bonds. The largest absolute Gasteiger partial charge is 0.350 e. The third-order valence-electron chi connectivity index (χ3n) is 2.88. The topological polar surface area (TPSA) is 64.7 Å². The van der Waals surface area contributed by atoms with Crippen LogP contribution >= 0.6 is 0 Å². The highest BCUT2D eigenvalue weighted by Crippen LogP contribution is 2.04. The molecule has 2 aromatic rings. The van der Waals surface area contributed by atoms with Crippen LogP contribution in [0.5, 0.6) is 0 Å². The average molecular weight is 247 g/mol. The minimum Gasteiger partial charge on any atom is -0.350 e. The quantitative estimate of drug-likeness (QED) is 0.858. The Morgan fingerprint density at radius 3 is 2.67 bits per heavy atom. The summed E-state index contributed by atoms with van der Waals surface area (Å²) < 4.78 is 3.42. The summed E-state index contributed by atoms with van der Waals surface area (Å²) in [5, 5.41) is 11.1. The Morgan fingerprint density at radius 2 is 2.11 bits per heavy atom. The average Bonchev–Trinajstić information content (AvgIpc) is 2.86. The van der Waals surface area contributed by atoms with E-state index < -0.39 is 0 Å². The van der Waals surface area contributed by atoms with E-state index in [1.165, 1.54) is 0 Å². The van der Waals surface area contributed by atoms with Crippen molar-refractivity contribution in [2.75, 3.05) is 0 Å². The number of nitrogens with one attached hydrogen (secondary N) is 1. The third-order valence-corrected chi connectivity index (χ3v) is 2.88. The molecule has 2 aromatic heterocycles. The van der Waals surface area contributed by atoms with E-state index in [1.54, 1.807) is 21.8 Å². The predicted octanol–water partition coefficient (Wildman–Crippen LogP) is 0.550. The minimum atomic E-state index is -0.0543. The number of carbonyl (C=O) groups excluding carboxylic acids is 1. The molecule has 0 aromatic carbocycles. The van der Waals surface area contributed by atoms with Crippen molar-refractivity contribution in [1.29, 1.82) is 0 Å². The highest BCUT2D eigenvalue weighted by molar-refractivity contribution is 5.75. The van der Waals surface area contributed by atoms with Gasteiger partial charge in [-0.1, -0.05) is 0 Å². The van der Waals surface area contributed by atoms with Gasteiger partial charge in [0, 0.05) is 31.0 Å². The molecule has 0 radical (unpaired) electrons. The Kier molecular flexibility index (Phi) is 3.45.